The Hall–Kier alpha value is -2.78. The molecule has 0 atom stereocenters. The smallest absolute Gasteiger partial charge is 0.240 e. The molecule has 4 rings (SSSR count). The molecule has 9 heteroatoms. The molecule has 4 heterocycles. The first-order chi connectivity index (χ1) is 13.6. The molecule has 146 valence electrons. The number of nitrogens with one attached hydrogen (secondary N) is 1. The van der Waals surface area contributed by atoms with Gasteiger partial charge in [-0.05, 0) is 26.0 Å². The summed E-state index contributed by atoms with van der Waals surface area (Å²) in [5.74, 6) is 0.811. The molecule has 8 nitrogen and oxygen atoms in total. The van der Waals surface area contributed by atoms with Crippen LogP contribution in [0.3, 0.4) is 0 Å². The molecule has 3 aromatic rings. The highest BCUT2D eigenvalue weighted by Crippen LogP contribution is 2.27. The highest BCUT2D eigenvalue weighted by atomic mass is 32.1. The Morgan fingerprint density at radius 2 is 1.96 bits per heavy atom. The number of thiazole rings is 1. The summed E-state index contributed by atoms with van der Waals surface area (Å²) < 4.78 is 1.90. The van der Waals surface area contributed by atoms with Crippen molar-refractivity contribution >= 4 is 28.1 Å². The number of carbonyl (C=O) groups excluding carboxylic acids is 1. The van der Waals surface area contributed by atoms with Crippen LogP contribution >= 0.6 is 11.3 Å². The van der Waals surface area contributed by atoms with E-state index in [0.717, 1.165) is 49.1 Å². The number of hydrogen-bond donors (Lipinski definition) is 1. The van der Waals surface area contributed by atoms with E-state index in [1.807, 2.05) is 35.2 Å². The highest BCUT2D eigenvalue weighted by Gasteiger charge is 2.24. The molecule has 1 fully saturated rings. The second kappa shape index (κ2) is 8.07. The Morgan fingerprint density at radius 3 is 2.64 bits per heavy atom. The zero-order valence-corrected chi connectivity index (χ0v) is 16.8. The van der Waals surface area contributed by atoms with Gasteiger partial charge >= 0.3 is 0 Å². The molecule has 1 aliphatic rings. The summed E-state index contributed by atoms with van der Waals surface area (Å²) in [4.78, 5) is 25.2. The third-order valence-corrected chi connectivity index (χ3v) is 5.54. The third-order valence-electron chi connectivity index (χ3n) is 4.85. The second-order valence-electron chi connectivity index (χ2n) is 6.77. The van der Waals surface area contributed by atoms with Gasteiger partial charge in [0.1, 0.15) is 0 Å². The monoisotopic (exact) mass is 397 g/mol. The molecule has 0 saturated carbocycles. The van der Waals surface area contributed by atoms with Gasteiger partial charge in [0, 0.05) is 44.0 Å². The Kier molecular flexibility index (Phi) is 5.36. The molecule has 0 unspecified atom stereocenters. The van der Waals surface area contributed by atoms with Crippen LogP contribution < -0.4 is 10.2 Å². The second-order valence-corrected chi connectivity index (χ2v) is 7.66. The van der Waals surface area contributed by atoms with Gasteiger partial charge in [0.2, 0.25) is 5.91 Å². The van der Waals surface area contributed by atoms with E-state index in [1.165, 1.54) is 11.3 Å². The summed E-state index contributed by atoms with van der Waals surface area (Å²) in [6, 6.07) is 5.83. The van der Waals surface area contributed by atoms with Gasteiger partial charge in [0.15, 0.2) is 10.9 Å². The lowest BCUT2D eigenvalue weighted by molar-refractivity contribution is -0.117. The minimum absolute atomic E-state index is 0.0151. The third kappa shape index (κ3) is 3.90. The van der Waals surface area contributed by atoms with Crippen molar-refractivity contribution in [2.24, 2.45) is 0 Å². The Labute approximate surface area is 167 Å². The fourth-order valence-electron chi connectivity index (χ4n) is 3.57. The number of aryl methyl sites for hydroxylation is 1. The number of aromatic nitrogens is 4. The molecule has 0 aliphatic carbocycles. The van der Waals surface area contributed by atoms with E-state index in [9.17, 15) is 4.79 Å². The molecular weight excluding hydrogens is 374 g/mol. The number of hydrogen-bond acceptors (Lipinski definition) is 7. The van der Waals surface area contributed by atoms with E-state index < -0.39 is 0 Å². The summed E-state index contributed by atoms with van der Waals surface area (Å²) in [5.41, 5.74) is 3.25. The minimum Gasteiger partial charge on any atom is -0.366 e. The van der Waals surface area contributed by atoms with Gasteiger partial charge in [0.25, 0.3) is 0 Å². The number of amides is 1. The van der Waals surface area contributed by atoms with E-state index in [2.05, 4.69) is 32.0 Å². The summed E-state index contributed by atoms with van der Waals surface area (Å²) >= 11 is 1.43. The molecule has 1 aliphatic heterocycles. The molecule has 0 bridgehead atoms. The van der Waals surface area contributed by atoms with Crippen molar-refractivity contribution < 1.29 is 4.79 Å². The Bertz CT molecular complexity index is 931. The topological polar surface area (TPSA) is 79.2 Å². The lowest BCUT2D eigenvalue weighted by Crippen LogP contribution is -2.49. The van der Waals surface area contributed by atoms with Gasteiger partial charge in [-0.3, -0.25) is 9.69 Å². The Morgan fingerprint density at radius 1 is 1.14 bits per heavy atom. The van der Waals surface area contributed by atoms with E-state index in [1.54, 1.807) is 12.4 Å². The number of anilines is 2. The molecule has 0 spiro atoms. The first kappa shape index (κ1) is 18.6. The van der Waals surface area contributed by atoms with E-state index in [4.69, 9.17) is 5.10 Å². The Balaban J connectivity index is 1.39. The van der Waals surface area contributed by atoms with Crippen LogP contribution in [-0.4, -0.2) is 63.3 Å². The molecule has 0 radical (unpaired) electrons. The van der Waals surface area contributed by atoms with E-state index in [-0.39, 0.29) is 5.91 Å². The summed E-state index contributed by atoms with van der Waals surface area (Å²) in [6.45, 7) is 7.89. The van der Waals surface area contributed by atoms with Crippen molar-refractivity contribution in [3.63, 3.8) is 0 Å². The van der Waals surface area contributed by atoms with Gasteiger partial charge in [-0.25, -0.2) is 14.6 Å². The molecule has 1 N–H and O–H groups in total. The van der Waals surface area contributed by atoms with Crippen LogP contribution in [0.5, 0.6) is 0 Å². The minimum atomic E-state index is -0.0151. The van der Waals surface area contributed by atoms with Crippen LogP contribution in [0.1, 0.15) is 11.4 Å². The number of pyridine rings is 1. The van der Waals surface area contributed by atoms with E-state index >= 15 is 0 Å². The molecular formula is C19H23N7OS. The van der Waals surface area contributed by atoms with Crippen molar-refractivity contribution in [1.82, 2.24) is 24.6 Å². The number of carbonyl (C=O) groups is 1. The van der Waals surface area contributed by atoms with Crippen LogP contribution in [0.2, 0.25) is 0 Å². The average molecular weight is 398 g/mol. The molecule has 3 aromatic heterocycles. The molecule has 28 heavy (non-hydrogen) atoms. The van der Waals surface area contributed by atoms with Gasteiger partial charge in [-0.1, -0.05) is 6.07 Å². The van der Waals surface area contributed by atoms with Crippen LogP contribution in [0, 0.1) is 13.8 Å². The van der Waals surface area contributed by atoms with Crippen molar-refractivity contribution in [3.8, 4) is 5.82 Å². The fourth-order valence-corrected chi connectivity index (χ4v) is 4.12. The maximum absolute atomic E-state index is 12.2. The first-order valence-electron chi connectivity index (χ1n) is 9.26. The summed E-state index contributed by atoms with van der Waals surface area (Å²) in [5, 5.41) is 10.0. The van der Waals surface area contributed by atoms with Crippen LogP contribution in [0.25, 0.3) is 5.82 Å². The predicted octanol–water partition coefficient (Wildman–Crippen LogP) is 2.10. The van der Waals surface area contributed by atoms with Crippen LogP contribution in [0.15, 0.2) is 36.0 Å². The number of piperazine rings is 1. The van der Waals surface area contributed by atoms with Crippen molar-refractivity contribution in [2.45, 2.75) is 13.8 Å². The van der Waals surface area contributed by atoms with Gasteiger partial charge in [0.05, 0.1) is 23.6 Å². The average Bonchev–Trinajstić information content (AvgIpc) is 3.31. The quantitative estimate of drug-likeness (QED) is 0.710. The zero-order chi connectivity index (χ0) is 19.5. The lowest BCUT2D eigenvalue weighted by atomic mass is 10.2. The number of rotatable bonds is 5. The summed E-state index contributed by atoms with van der Waals surface area (Å²) in [6.07, 6.45) is 3.47. The van der Waals surface area contributed by atoms with Gasteiger partial charge in [-0.15, -0.1) is 11.3 Å². The van der Waals surface area contributed by atoms with Crippen LogP contribution in [-0.2, 0) is 4.79 Å². The lowest BCUT2D eigenvalue weighted by Gasteiger charge is -2.35. The van der Waals surface area contributed by atoms with Crippen molar-refractivity contribution in [3.05, 3.63) is 47.4 Å². The fraction of sp³-hybridized carbons (Fsp3) is 0.368. The van der Waals surface area contributed by atoms with Gasteiger partial charge < -0.3 is 10.2 Å². The zero-order valence-electron chi connectivity index (χ0n) is 16.0. The van der Waals surface area contributed by atoms with Crippen molar-refractivity contribution in [2.75, 3.05) is 42.9 Å². The van der Waals surface area contributed by atoms with Crippen molar-refractivity contribution in [1.29, 1.82) is 0 Å². The molecule has 1 saturated heterocycles. The molecule has 0 aromatic carbocycles. The van der Waals surface area contributed by atoms with E-state index in [0.29, 0.717) is 11.7 Å². The standard InChI is InChI=1S/C19H23N7OS/c1-14-18(15(2)26(23-14)16-5-3-4-6-20-16)25-10-8-24(9-11-25)13-17(27)22-19-21-7-12-28-19/h3-7,12H,8-11,13H2,1-2H3,(H,21,22,27). The normalized spacial score (nSPS) is 15.0. The number of nitrogens with zero attached hydrogens (tertiary/aromatic N) is 6. The maximum atomic E-state index is 12.2. The first-order valence-corrected chi connectivity index (χ1v) is 10.1. The summed E-state index contributed by atoms with van der Waals surface area (Å²) in [7, 11) is 0. The largest absolute Gasteiger partial charge is 0.366 e. The molecule has 1 amide bonds. The predicted molar refractivity (Wildman–Crippen MR) is 110 cm³/mol. The highest BCUT2D eigenvalue weighted by molar-refractivity contribution is 7.13. The SMILES string of the molecule is Cc1nn(-c2ccccn2)c(C)c1N1CCN(CC(=O)Nc2nccs2)CC1. The van der Waals surface area contributed by atoms with Crippen LogP contribution in [0.4, 0.5) is 10.8 Å². The van der Waals surface area contributed by atoms with Gasteiger partial charge in [-0.2, -0.15) is 5.10 Å². The maximum Gasteiger partial charge on any atom is 0.240 e.